The van der Waals surface area contributed by atoms with Gasteiger partial charge in [-0.05, 0) is 25.7 Å². The van der Waals surface area contributed by atoms with Gasteiger partial charge in [0.1, 0.15) is 0 Å². The van der Waals surface area contributed by atoms with Crippen molar-refractivity contribution < 1.29 is 24.5 Å². The van der Waals surface area contributed by atoms with Crippen molar-refractivity contribution in [2.24, 2.45) is 0 Å². The molecular weight excluding hydrogens is 212 g/mol. The molecule has 0 spiro atoms. The second-order valence-corrected chi connectivity index (χ2v) is 3.61. The molecular formula is C11H20O5. The highest BCUT2D eigenvalue weighted by Gasteiger charge is 2.02. The van der Waals surface area contributed by atoms with Gasteiger partial charge in [-0.3, -0.25) is 9.59 Å². The second kappa shape index (κ2) is 10.4. The molecule has 0 aromatic carbocycles. The van der Waals surface area contributed by atoms with Gasteiger partial charge >= 0.3 is 11.9 Å². The third kappa shape index (κ3) is 11.0. The summed E-state index contributed by atoms with van der Waals surface area (Å²) in [5.41, 5.74) is 0. The van der Waals surface area contributed by atoms with Crippen LogP contribution in [0.2, 0.25) is 0 Å². The summed E-state index contributed by atoms with van der Waals surface area (Å²) in [5, 5.41) is 16.9. The molecule has 0 rings (SSSR count). The van der Waals surface area contributed by atoms with Gasteiger partial charge in [-0.1, -0.05) is 6.42 Å². The molecule has 16 heavy (non-hydrogen) atoms. The number of carbonyl (C=O) groups excluding carboxylic acids is 1. The van der Waals surface area contributed by atoms with E-state index in [9.17, 15) is 9.59 Å². The maximum atomic E-state index is 11.1. The van der Waals surface area contributed by atoms with Crippen molar-refractivity contribution in [2.45, 2.75) is 44.9 Å². The molecule has 0 aromatic heterocycles. The van der Waals surface area contributed by atoms with Gasteiger partial charge in [-0.2, -0.15) is 0 Å². The Morgan fingerprint density at radius 1 is 0.938 bits per heavy atom. The molecule has 0 saturated heterocycles. The number of rotatable bonds is 10. The molecule has 0 aliphatic heterocycles. The number of ether oxygens (including phenoxy) is 1. The first-order valence-electron chi connectivity index (χ1n) is 5.65. The number of aliphatic hydroxyl groups excluding tert-OH is 1. The van der Waals surface area contributed by atoms with E-state index in [-0.39, 0.29) is 19.0 Å². The van der Waals surface area contributed by atoms with Gasteiger partial charge in [0.15, 0.2) is 0 Å². The van der Waals surface area contributed by atoms with E-state index in [4.69, 9.17) is 14.9 Å². The lowest BCUT2D eigenvalue weighted by Gasteiger charge is -2.03. The van der Waals surface area contributed by atoms with Crippen LogP contribution in [0.4, 0.5) is 0 Å². The van der Waals surface area contributed by atoms with Crippen LogP contribution < -0.4 is 0 Å². The number of carboxylic acids is 1. The molecule has 0 atom stereocenters. The molecule has 2 N–H and O–H groups in total. The monoisotopic (exact) mass is 232 g/mol. The fraction of sp³-hybridized carbons (Fsp3) is 0.818. The van der Waals surface area contributed by atoms with Crippen molar-refractivity contribution in [1.29, 1.82) is 0 Å². The maximum Gasteiger partial charge on any atom is 0.305 e. The van der Waals surface area contributed by atoms with Crippen molar-refractivity contribution in [3.63, 3.8) is 0 Å². The minimum absolute atomic E-state index is 0.119. The Labute approximate surface area is 95.4 Å². The van der Waals surface area contributed by atoms with Crippen molar-refractivity contribution in [2.75, 3.05) is 13.2 Å². The Morgan fingerprint density at radius 2 is 1.62 bits per heavy atom. The highest BCUT2D eigenvalue weighted by molar-refractivity contribution is 5.69. The highest BCUT2D eigenvalue weighted by Crippen LogP contribution is 2.02. The molecule has 0 saturated carbocycles. The van der Waals surface area contributed by atoms with Crippen LogP contribution in [-0.2, 0) is 14.3 Å². The lowest BCUT2D eigenvalue weighted by Crippen LogP contribution is -2.06. The predicted molar refractivity (Wildman–Crippen MR) is 58.0 cm³/mol. The lowest BCUT2D eigenvalue weighted by atomic mass is 10.2. The van der Waals surface area contributed by atoms with E-state index >= 15 is 0 Å². The van der Waals surface area contributed by atoms with Crippen LogP contribution >= 0.6 is 0 Å². The summed E-state index contributed by atoms with van der Waals surface area (Å²) >= 11 is 0. The topological polar surface area (TPSA) is 83.8 Å². The minimum atomic E-state index is -0.824. The van der Waals surface area contributed by atoms with Crippen LogP contribution in [-0.4, -0.2) is 35.4 Å². The molecule has 0 aromatic rings. The third-order valence-electron chi connectivity index (χ3n) is 2.09. The first-order chi connectivity index (χ1) is 7.66. The fourth-order valence-electron chi connectivity index (χ4n) is 1.19. The second-order valence-electron chi connectivity index (χ2n) is 3.61. The molecule has 0 fully saturated rings. The van der Waals surface area contributed by atoms with Crippen LogP contribution in [0.1, 0.15) is 44.9 Å². The average molecular weight is 232 g/mol. The number of hydrogen-bond acceptors (Lipinski definition) is 4. The average Bonchev–Trinajstić information content (AvgIpc) is 2.23. The van der Waals surface area contributed by atoms with E-state index in [1.165, 1.54) is 0 Å². The molecule has 5 nitrogen and oxygen atoms in total. The van der Waals surface area contributed by atoms with E-state index in [2.05, 4.69) is 0 Å². The smallest absolute Gasteiger partial charge is 0.305 e. The Hall–Kier alpha value is -1.10. The summed E-state index contributed by atoms with van der Waals surface area (Å²) in [6.45, 7) is 0.455. The van der Waals surface area contributed by atoms with E-state index in [0.29, 0.717) is 32.3 Å². The molecule has 0 amide bonds. The standard InChI is InChI=1S/C11H20O5/c12-8-4-1-2-7-11(15)16-9-5-3-6-10(13)14/h12H,1-9H2,(H,13,14). The number of aliphatic hydroxyl groups is 1. The Kier molecular flexibility index (Phi) is 9.70. The normalized spacial score (nSPS) is 10.1. The summed E-state index contributed by atoms with van der Waals surface area (Å²) < 4.78 is 4.91. The summed E-state index contributed by atoms with van der Waals surface area (Å²) in [6, 6.07) is 0. The van der Waals surface area contributed by atoms with Gasteiger partial charge in [0.25, 0.3) is 0 Å². The van der Waals surface area contributed by atoms with E-state index in [1.54, 1.807) is 0 Å². The lowest BCUT2D eigenvalue weighted by molar-refractivity contribution is -0.143. The van der Waals surface area contributed by atoms with Gasteiger partial charge in [0.05, 0.1) is 6.61 Å². The number of aliphatic carboxylic acids is 1. The van der Waals surface area contributed by atoms with Crippen LogP contribution in [0.25, 0.3) is 0 Å². The number of carbonyl (C=O) groups is 2. The number of esters is 1. The zero-order valence-electron chi connectivity index (χ0n) is 9.48. The fourth-order valence-corrected chi connectivity index (χ4v) is 1.19. The van der Waals surface area contributed by atoms with E-state index in [0.717, 1.165) is 12.8 Å². The number of unbranched alkanes of at least 4 members (excludes halogenated alkanes) is 3. The summed E-state index contributed by atoms with van der Waals surface area (Å²) in [5.74, 6) is -1.07. The Balaban J connectivity index is 3.20. The number of hydrogen-bond donors (Lipinski definition) is 2. The molecule has 0 aliphatic carbocycles. The minimum Gasteiger partial charge on any atom is -0.481 e. The Morgan fingerprint density at radius 3 is 2.25 bits per heavy atom. The summed E-state index contributed by atoms with van der Waals surface area (Å²) in [4.78, 5) is 21.3. The zero-order chi connectivity index (χ0) is 12.2. The maximum absolute atomic E-state index is 11.1. The van der Waals surface area contributed by atoms with Crippen LogP contribution in [0.5, 0.6) is 0 Å². The summed E-state index contributed by atoms with van der Waals surface area (Å²) in [7, 11) is 0. The zero-order valence-corrected chi connectivity index (χ0v) is 9.48. The third-order valence-corrected chi connectivity index (χ3v) is 2.09. The van der Waals surface area contributed by atoms with Gasteiger partial charge < -0.3 is 14.9 Å². The molecule has 0 aliphatic rings. The largest absolute Gasteiger partial charge is 0.481 e. The number of carboxylic acid groups (broad SMARTS) is 1. The van der Waals surface area contributed by atoms with Gasteiger partial charge in [-0.25, -0.2) is 0 Å². The van der Waals surface area contributed by atoms with Crippen LogP contribution in [0.15, 0.2) is 0 Å². The van der Waals surface area contributed by atoms with Gasteiger partial charge in [0, 0.05) is 19.4 Å². The first-order valence-corrected chi connectivity index (χ1v) is 5.65. The first kappa shape index (κ1) is 14.9. The molecule has 5 heteroatoms. The van der Waals surface area contributed by atoms with E-state index < -0.39 is 5.97 Å². The molecule has 0 unspecified atom stereocenters. The van der Waals surface area contributed by atoms with Crippen molar-refractivity contribution in [3.8, 4) is 0 Å². The Bertz CT molecular complexity index is 203. The van der Waals surface area contributed by atoms with Crippen LogP contribution in [0, 0.1) is 0 Å². The highest BCUT2D eigenvalue weighted by atomic mass is 16.5. The summed E-state index contributed by atoms with van der Waals surface area (Å²) in [6.07, 6.45) is 3.89. The molecule has 94 valence electrons. The predicted octanol–water partition coefficient (Wildman–Crippen LogP) is 1.34. The van der Waals surface area contributed by atoms with Gasteiger partial charge in [0.2, 0.25) is 0 Å². The van der Waals surface area contributed by atoms with Crippen molar-refractivity contribution >= 4 is 11.9 Å². The van der Waals surface area contributed by atoms with Crippen molar-refractivity contribution in [3.05, 3.63) is 0 Å². The van der Waals surface area contributed by atoms with Crippen molar-refractivity contribution in [1.82, 2.24) is 0 Å². The molecule has 0 heterocycles. The quantitative estimate of drug-likeness (QED) is 0.438. The van der Waals surface area contributed by atoms with Crippen LogP contribution in [0.3, 0.4) is 0 Å². The SMILES string of the molecule is O=C(O)CCCCOC(=O)CCCCCO. The molecule has 0 radical (unpaired) electrons. The van der Waals surface area contributed by atoms with Gasteiger partial charge in [-0.15, -0.1) is 0 Å². The van der Waals surface area contributed by atoms with E-state index in [1.807, 2.05) is 0 Å². The molecule has 0 bridgehead atoms.